The highest BCUT2D eigenvalue weighted by Crippen LogP contribution is 2.31. The zero-order valence-electron chi connectivity index (χ0n) is 18.7. The van der Waals surface area contributed by atoms with Crippen molar-refractivity contribution in [3.05, 3.63) is 108 Å². The lowest BCUT2D eigenvalue weighted by molar-refractivity contribution is -0.112. The predicted octanol–water partition coefficient (Wildman–Crippen LogP) is 6.87. The van der Waals surface area contributed by atoms with Crippen LogP contribution in [0.15, 0.2) is 84.4 Å². The summed E-state index contributed by atoms with van der Waals surface area (Å²) in [6.45, 7) is 0.410. The van der Waals surface area contributed by atoms with Crippen molar-refractivity contribution in [3.63, 3.8) is 0 Å². The summed E-state index contributed by atoms with van der Waals surface area (Å²) < 4.78 is 7.81. The van der Waals surface area contributed by atoms with Crippen LogP contribution in [0.3, 0.4) is 0 Å². The van der Waals surface area contributed by atoms with E-state index in [1.54, 1.807) is 6.07 Å². The van der Waals surface area contributed by atoms with Gasteiger partial charge in [-0.25, -0.2) is 4.79 Å². The first kappa shape index (κ1) is 25.7. The van der Waals surface area contributed by atoms with Gasteiger partial charge in [-0.15, -0.1) is 0 Å². The number of amides is 1. The Morgan fingerprint density at radius 1 is 0.944 bits per heavy atom. The second-order valence-electron chi connectivity index (χ2n) is 7.79. The third-order valence-corrected chi connectivity index (χ3v) is 6.86. The molecule has 0 aliphatic heterocycles. The van der Waals surface area contributed by atoms with E-state index in [2.05, 4.69) is 74.8 Å². The minimum atomic E-state index is -1.10. The van der Waals surface area contributed by atoms with Crippen molar-refractivity contribution < 1.29 is 19.4 Å². The normalized spacial score (nSPS) is 11.1. The van der Waals surface area contributed by atoms with Crippen molar-refractivity contribution >= 4 is 79.6 Å². The van der Waals surface area contributed by atoms with E-state index in [9.17, 15) is 14.9 Å². The second-order valence-corrected chi connectivity index (χ2v) is 10.1. The number of carboxylic acid groups (broad SMARTS) is 1. The first-order valence-corrected chi connectivity index (χ1v) is 12.9. The summed E-state index contributed by atoms with van der Waals surface area (Å²) in [6, 6.07) is 25.8. The summed E-state index contributed by atoms with van der Waals surface area (Å²) in [6.07, 6.45) is 1.49. The highest BCUT2D eigenvalue weighted by atomic mass is 127. The van der Waals surface area contributed by atoms with Crippen LogP contribution in [0.25, 0.3) is 16.8 Å². The van der Waals surface area contributed by atoms with Gasteiger partial charge < -0.3 is 15.2 Å². The minimum Gasteiger partial charge on any atom is -0.487 e. The highest BCUT2D eigenvalue weighted by molar-refractivity contribution is 14.1. The topological polar surface area (TPSA) is 99.4 Å². The number of nitrogens with one attached hydrogen (secondary N) is 1. The summed E-state index contributed by atoms with van der Waals surface area (Å²) in [5, 5.41) is 23.6. The minimum absolute atomic E-state index is 0.0404. The van der Waals surface area contributed by atoms with Crippen LogP contribution >= 0.6 is 45.2 Å². The van der Waals surface area contributed by atoms with Crippen LogP contribution < -0.4 is 10.1 Å². The number of benzene rings is 4. The van der Waals surface area contributed by atoms with E-state index in [0.29, 0.717) is 17.9 Å². The summed E-state index contributed by atoms with van der Waals surface area (Å²) >= 11 is 4.35. The van der Waals surface area contributed by atoms with Crippen LogP contribution in [0.1, 0.15) is 21.5 Å². The SMILES string of the molecule is N#C/C(=C/c1cc(I)c(OCc2ccc3ccccc3c2)c(I)c1)C(=O)Nc1cccc(C(=O)O)c1. The number of anilines is 1. The number of nitriles is 1. The standard InChI is InChI=1S/C28H18I2N2O4/c29-24-12-18(11-22(15-31)27(33)32-23-7-3-6-21(14-23)28(34)35)13-25(30)26(24)36-16-17-8-9-19-4-1-2-5-20(19)10-17/h1-14H,16H2,(H,32,33)(H,34,35)/b22-11-. The van der Waals surface area contributed by atoms with Gasteiger partial charge in [-0.1, -0.05) is 42.5 Å². The third kappa shape index (κ3) is 6.22. The molecule has 4 aromatic rings. The molecule has 0 saturated carbocycles. The van der Waals surface area contributed by atoms with Gasteiger partial charge in [-0.2, -0.15) is 5.26 Å². The summed E-state index contributed by atoms with van der Waals surface area (Å²) in [5.74, 6) is -0.995. The number of aromatic carboxylic acids is 1. The molecule has 178 valence electrons. The van der Waals surface area contributed by atoms with Crippen LogP contribution in [0, 0.1) is 18.5 Å². The Kier molecular flexibility index (Phi) is 8.22. The number of ether oxygens (including phenoxy) is 1. The number of hydrogen-bond acceptors (Lipinski definition) is 4. The van der Waals surface area contributed by atoms with E-state index in [0.717, 1.165) is 23.8 Å². The van der Waals surface area contributed by atoms with Crippen molar-refractivity contribution in [1.29, 1.82) is 5.26 Å². The van der Waals surface area contributed by atoms with Gasteiger partial charge in [0.25, 0.3) is 5.91 Å². The molecular formula is C28H18I2N2O4. The Hall–Kier alpha value is -3.43. The monoisotopic (exact) mass is 700 g/mol. The molecule has 0 bridgehead atoms. The zero-order chi connectivity index (χ0) is 25.7. The van der Waals surface area contributed by atoms with E-state index in [-0.39, 0.29) is 11.1 Å². The molecule has 4 aromatic carbocycles. The molecule has 0 saturated heterocycles. The van der Waals surface area contributed by atoms with Crippen molar-refractivity contribution in [2.24, 2.45) is 0 Å². The number of fused-ring (bicyclic) bond motifs is 1. The number of carbonyl (C=O) groups is 2. The first-order valence-electron chi connectivity index (χ1n) is 10.7. The maximum Gasteiger partial charge on any atom is 0.335 e. The fourth-order valence-electron chi connectivity index (χ4n) is 3.53. The summed E-state index contributed by atoms with van der Waals surface area (Å²) in [5.41, 5.74) is 1.96. The second kappa shape index (κ2) is 11.5. The van der Waals surface area contributed by atoms with E-state index >= 15 is 0 Å². The molecular weight excluding hydrogens is 682 g/mol. The van der Waals surface area contributed by atoms with Crippen LogP contribution in [0.5, 0.6) is 5.75 Å². The average molecular weight is 700 g/mol. The van der Waals surface area contributed by atoms with Crippen LogP contribution in [0.4, 0.5) is 5.69 Å². The van der Waals surface area contributed by atoms with Crippen molar-refractivity contribution in [3.8, 4) is 11.8 Å². The number of halogens is 2. The largest absolute Gasteiger partial charge is 0.487 e. The van der Waals surface area contributed by atoms with E-state index in [1.165, 1.54) is 29.7 Å². The van der Waals surface area contributed by atoms with Gasteiger partial charge >= 0.3 is 5.97 Å². The number of carbonyl (C=O) groups excluding carboxylic acids is 1. The Balaban J connectivity index is 1.50. The summed E-state index contributed by atoms with van der Waals surface area (Å²) in [4.78, 5) is 23.8. The molecule has 0 spiro atoms. The molecule has 0 unspecified atom stereocenters. The molecule has 2 N–H and O–H groups in total. The molecule has 0 atom stereocenters. The quantitative estimate of drug-likeness (QED) is 0.125. The Morgan fingerprint density at radius 3 is 2.36 bits per heavy atom. The molecule has 8 heteroatoms. The number of nitrogens with zero attached hydrogens (tertiary/aromatic N) is 1. The maximum absolute atomic E-state index is 12.6. The van der Waals surface area contributed by atoms with Gasteiger partial charge in [0.1, 0.15) is 24.0 Å². The van der Waals surface area contributed by atoms with Crippen molar-refractivity contribution in [2.75, 3.05) is 5.32 Å². The summed E-state index contributed by atoms with van der Waals surface area (Å²) in [7, 11) is 0. The van der Waals surface area contributed by atoms with Gasteiger partial charge in [0.05, 0.1) is 12.7 Å². The van der Waals surface area contributed by atoms with Gasteiger partial charge in [0.2, 0.25) is 0 Å². The third-order valence-electron chi connectivity index (χ3n) is 5.26. The predicted molar refractivity (Wildman–Crippen MR) is 156 cm³/mol. The van der Waals surface area contributed by atoms with Crippen molar-refractivity contribution in [2.45, 2.75) is 6.61 Å². The molecule has 0 aromatic heterocycles. The van der Waals surface area contributed by atoms with E-state index < -0.39 is 11.9 Å². The van der Waals surface area contributed by atoms with Crippen LogP contribution in [-0.2, 0) is 11.4 Å². The molecule has 0 aliphatic carbocycles. The fraction of sp³-hybridized carbons (Fsp3) is 0.0357. The van der Waals surface area contributed by atoms with Gasteiger partial charge in [0.15, 0.2) is 0 Å². The lowest BCUT2D eigenvalue weighted by Gasteiger charge is -2.12. The van der Waals surface area contributed by atoms with Gasteiger partial charge in [-0.3, -0.25) is 4.79 Å². The molecule has 36 heavy (non-hydrogen) atoms. The Bertz CT molecular complexity index is 1530. The Morgan fingerprint density at radius 2 is 1.67 bits per heavy atom. The molecule has 6 nitrogen and oxygen atoms in total. The lowest BCUT2D eigenvalue weighted by atomic mass is 10.1. The Labute approximate surface area is 234 Å². The number of hydrogen-bond donors (Lipinski definition) is 2. The molecule has 0 radical (unpaired) electrons. The lowest BCUT2D eigenvalue weighted by Crippen LogP contribution is -2.14. The molecule has 0 aliphatic rings. The van der Waals surface area contributed by atoms with Crippen LogP contribution in [0.2, 0.25) is 0 Å². The van der Waals surface area contributed by atoms with Gasteiger partial charge in [-0.05, 0) is 110 Å². The first-order chi connectivity index (χ1) is 17.3. The van der Waals surface area contributed by atoms with Crippen LogP contribution in [-0.4, -0.2) is 17.0 Å². The number of carboxylic acids is 1. The average Bonchev–Trinajstić information content (AvgIpc) is 2.86. The highest BCUT2D eigenvalue weighted by Gasteiger charge is 2.14. The molecule has 4 rings (SSSR count). The molecule has 1 amide bonds. The fourth-order valence-corrected chi connectivity index (χ4v) is 5.66. The van der Waals surface area contributed by atoms with Crippen molar-refractivity contribution in [1.82, 2.24) is 0 Å². The zero-order valence-corrected chi connectivity index (χ0v) is 23.0. The van der Waals surface area contributed by atoms with E-state index in [4.69, 9.17) is 9.84 Å². The smallest absolute Gasteiger partial charge is 0.335 e. The molecule has 0 heterocycles. The molecule has 0 fully saturated rings. The van der Waals surface area contributed by atoms with Gasteiger partial charge in [0, 0.05) is 5.69 Å². The number of rotatable bonds is 7. The van der Waals surface area contributed by atoms with E-state index in [1.807, 2.05) is 36.4 Å². The maximum atomic E-state index is 12.6.